The molecule has 68 valence electrons. The van der Waals surface area contributed by atoms with E-state index >= 15 is 0 Å². The quantitative estimate of drug-likeness (QED) is 0.545. The third-order valence-corrected chi connectivity index (χ3v) is 2.32. The maximum absolute atomic E-state index is 10.8. The molecule has 0 spiro atoms. The Hall–Kier alpha value is -0.710. The Labute approximate surface area is 76.3 Å². The highest BCUT2D eigenvalue weighted by Gasteiger charge is 2.31. The van der Waals surface area contributed by atoms with Gasteiger partial charge in [0, 0.05) is 6.04 Å². The highest BCUT2D eigenvalue weighted by atomic mass is 32.1. The van der Waals surface area contributed by atoms with Crippen LogP contribution in [-0.2, 0) is 4.79 Å². The number of nitrogens with one attached hydrogen (secondary N) is 1. The molecule has 0 aromatic heterocycles. The molecule has 0 saturated heterocycles. The van der Waals surface area contributed by atoms with Crippen molar-refractivity contribution in [3.8, 4) is 0 Å². The second-order valence-corrected chi connectivity index (χ2v) is 3.40. The molecule has 1 saturated carbocycles. The summed E-state index contributed by atoms with van der Waals surface area (Å²) in [4.78, 5) is 21.4. The lowest BCUT2D eigenvalue weighted by molar-refractivity contribution is -0.122. The summed E-state index contributed by atoms with van der Waals surface area (Å²) in [5.41, 5.74) is 5.15. The first-order valence-electron chi connectivity index (χ1n) is 3.90. The van der Waals surface area contributed by atoms with Gasteiger partial charge in [0.25, 0.3) is 5.24 Å². The van der Waals surface area contributed by atoms with E-state index in [0.717, 1.165) is 19.3 Å². The summed E-state index contributed by atoms with van der Waals surface area (Å²) in [6.07, 6.45) is 2.53. The average Bonchev–Trinajstić information content (AvgIpc) is 2.33. The molecule has 0 bridgehead atoms. The van der Waals surface area contributed by atoms with Gasteiger partial charge in [-0.3, -0.25) is 9.59 Å². The van der Waals surface area contributed by atoms with E-state index in [4.69, 9.17) is 5.73 Å². The van der Waals surface area contributed by atoms with Crippen molar-refractivity contribution < 1.29 is 9.59 Å². The van der Waals surface area contributed by atoms with Crippen LogP contribution >= 0.6 is 12.6 Å². The number of hydrogen-bond donors (Lipinski definition) is 3. The van der Waals surface area contributed by atoms with Crippen LogP contribution < -0.4 is 11.1 Å². The molecule has 0 radical (unpaired) electrons. The number of thiol groups is 1. The molecule has 4 nitrogen and oxygen atoms in total. The lowest BCUT2D eigenvalue weighted by Crippen LogP contribution is -2.40. The van der Waals surface area contributed by atoms with Crippen LogP contribution in [0.4, 0.5) is 4.79 Å². The fraction of sp³-hybridized carbons (Fsp3) is 0.714. The second-order valence-electron chi connectivity index (χ2n) is 3.00. The second kappa shape index (κ2) is 3.80. The van der Waals surface area contributed by atoms with E-state index in [9.17, 15) is 9.59 Å². The zero-order valence-electron chi connectivity index (χ0n) is 6.62. The highest BCUT2D eigenvalue weighted by molar-refractivity contribution is 7.96. The summed E-state index contributed by atoms with van der Waals surface area (Å²) >= 11 is 3.58. The van der Waals surface area contributed by atoms with Crippen LogP contribution in [0.15, 0.2) is 0 Å². The Morgan fingerprint density at radius 3 is 2.58 bits per heavy atom. The minimum atomic E-state index is -0.395. The van der Waals surface area contributed by atoms with Crippen molar-refractivity contribution >= 4 is 23.8 Å². The van der Waals surface area contributed by atoms with Crippen molar-refractivity contribution in [2.75, 3.05) is 0 Å². The van der Waals surface area contributed by atoms with Gasteiger partial charge in [0.15, 0.2) is 0 Å². The summed E-state index contributed by atoms with van der Waals surface area (Å²) in [5.74, 6) is -0.541. The van der Waals surface area contributed by atoms with Crippen LogP contribution in [0.3, 0.4) is 0 Å². The van der Waals surface area contributed by atoms with E-state index in [1.54, 1.807) is 0 Å². The number of carbonyl (C=O) groups is 2. The minimum Gasteiger partial charge on any atom is -0.369 e. The van der Waals surface area contributed by atoms with Crippen LogP contribution in [0.2, 0.25) is 0 Å². The molecule has 5 heteroatoms. The van der Waals surface area contributed by atoms with Gasteiger partial charge in [-0.05, 0) is 12.8 Å². The Morgan fingerprint density at radius 2 is 2.08 bits per heavy atom. The molecular weight excluding hydrogens is 176 g/mol. The Bertz CT molecular complexity index is 208. The number of hydrogen-bond acceptors (Lipinski definition) is 2. The normalized spacial score (nSPS) is 28.4. The zero-order chi connectivity index (χ0) is 9.14. The van der Waals surface area contributed by atoms with Crippen LogP contribution in [0, 0.1) is 5.92 Å². The van der Waals surface area contributed by atoms with Crippen LogP contribution in [0.25, 0.3) is 0 Å². The monoisotopic (exact) mass is 188 g/mol. The van der Waals surface area contributed by atoms with Crippen molar-refractivity contribution in [3.63, 3.8) is 0 Å². The van der Waals surface area contributed by atoms with E-state index in [1.165, 1.54) is 0 Å². The third-order valence-electron chi connectivity index (χ3n) is 2.19. The van der Waals surface area contributed by atoms with Crippen molar-refractivity contribution in [2.45, 2.75) is 25.3 Å². The van der Waals surface area contributed by atoms with Gasteiger partial charge in [-0.2, -0.15) is 0 Å². The molecule has 0 aromatic rings. The number of amides is 2. The van der Waals surface area contributed by atoms with Gasteiger partial charge in [0.2, 0.25) is 5.91 Å². The first-order chi connectivity index (χ1) is 5.61. The van der Waals surface area contributed by atoms with Gasteiger partial charge >= 0.3 is 0 Å². The maximum atomic E-state index is 10.8. The van der Waals surface area contributed by atoms with Crippen LogP contribution in [0.1, 0.15) is 19.3 Å². The van der Waals surface area contributed by atoms with Gasteiger partial charge in [0.1, 0.15) is 0 Å². The minimum absolute atomic E-state index is 0.104. The van der Waals surface area contributed by atoms with E-state index in [2.05, 4.69) is 17.9 Å². The van der Waals surface area contributed by atoms with Crippen molar-refractivity contribution in [3.05, 3.63) is 0 Å². The van der Waals surface area contributed by atoms with Gasteiger partial charge < -0.3 is 11.1 Å². The summed E-state index contributed by atoms with van der Waals surface area (Å²) in [6, 6.07) is -0.104. The van der Waals surface area contributed by atoms with E-state index in [1.807, 2.05) is 0 Å². The molecule has 1 fully saturated rings. The van der Waals surface area contributed by atoms with Gasteiger partial charge in [0.05, 0.1) is 5.92 Å². The molecule has 2 atom stereocenters. The molecule has 1 aliphatic rings. The lowest BCUT2D eigenvalue weighted by Gasteiger charge is -2.16. The van der Waals surface area contributed by atoms with Crippen LogP contribution in [-0.4, -0.2) is 17.2 Å². The predicted octanol–water partition coefficient (Wildman–Crippen LogP) is 0.280. The molecule has 3 N–H and O–H groups in total. The largest absolute Gasteiger partial charge is 0.369 e. The van der Waals surface area contributed by atoms with Gasteiger partial charge in [-0.15, -0.1) is 0 Å². The molecule has 2 unspecified atom stereocenters. The lowest BCUT2D eigenvalue weighted by atomic mass is 10.0. The first kappa shape index (κ1) is 9.38. The number of primary amides is 1. The Morgan fingerprint density at radius 1 is 1.42 bits per heavy atom. The van der Waals surface area contributed by atoms with Gasteiger partial charge in [-0.1, -0.05) is 19.0 Å². The SMILES string of the molecule is NC(=O)C1CCCC1NC(=O)S. The van der Waals surface area contributed by atoms with Crippen molar-refractivity contribution in [2.24, 2.45) is 11.7 Å². The molecule has 0 heterocycles. The molecule has 12 heavy (non-hydrogen) atoms. The molecule has 0 aliphatic heterocycles. The fourth-order valence-corrected chi connectivity index (χ4v) is 1.80. The number of nitrogens with two attached hydrogens (primary N) is 1. The molecule has 0 aromatic carbocycles. The molecule has 1 aliphatic carbocycles. The fourth-order valence-electron chi connectivity index (χ4n) is 1.63. The third kappa shape index (κ3) is 2.14. The number of rotatable bonds is 2. The highest BCUT2D eigenvalue weighted by Crippen LogP contribution is 2.25. The molecular formula is C7H12N2O2S. The number of carbonyl (C=O) groups excluding carboxylic acids is 2. The summed E-state index contributed by atoms with van der Waals surface area (Å²) in [6.45, 7) is 0. The van der Waals surface area contributed by atoms with E-state index in [0.29, 0.717) is 0 Å². The topological polar surface area (TPSA) is 72.2 Å². The summed E-state index contributed by atoms with van der Waals surface area (Å²) in [7, 11) is 0. The average molecular weight is 188 g/mol. The van der Waals surface area contributed by atoms with Crippen molar-refractivity contribution in [1.82, 2.24) is 5.32 Å². The molecule has 2 amide bonds. The smallest absolute Gasteiger partial charge is 0.276 e. The Balaban J connectivity index is 2.52. The predicted molar refractivity (Wildman–Crippen MR) is 47.8 cm³/mol. The first-order valence-corrected chi connectivity index (χ1v) is 4.34. The van der Waals surface area contributed by atoms with Gasteiger partial charge in [-0.25, -0.2) is 0 Å². The van der Waals surface area contributed by atoms with E-state index in [-0.39, 0.29) is 17.9 Å². The Kier molecular flexibility index (Phi) is 2.97. The zero-order valence-corrected chi connectivity index (χ0v) is 7.51. The van der Waals surface area contributed by atoms with Crippen LogP contribution in [0.5, 0.6) is 0 Å². The maximum Gasteiger partial charge on any atom is 0.276 e. The molecule has 1 rings (SSSR count). The standard InChI is InChI=1S/C7H12N2O2S/c8-6(10)4-2-1-3-5(4)9-7(11)12/h4-5H,1-3H2,(H2,8,10)(H2,9,11,12). The van der Waals surface area contributed by atoms with Crippen molar-refractivity contribution in [1.29, 1.82) is 0 Å². The van der Waals surface area contributed by atoms with E-state index < -0.39 is 5.24 Å². The summed E-state index contributed by atoms with van der Waals surface area (Å²) in [5, 5.41) is 2.20. The summed E-state index contributed by atoms with van der Waals surface area (Å²) < 4.78 is 0.